The highest BCUT2D eigenvalue weighted by molar-refractivity contribution is 6.35. The first-order chi connectivity index (χ1) is 12.7. The molecule has 144 valence electrons. The maximum Gasteiger partial charge on any atom is 0.249 e. The van der Waals surface area contributed by atoms with Gasteiger partial charge in [0, 0.05) is 5.02 Å². The number of carbonyl (C=O) groups excluding carboxylic acids is 2. The van der Waals surface area contributed by atoms with Crippen molar-refractivity contribution in [3.63, 3.8) is 0 Å². The van der Waals surface area contributed by atoms with Gasteiger partial charge >= 0.3 is 0 Å². The van der Waals surface area contributed by atoms with Crippen molar-refractivity contribution in [3.8, 4) is 0 Å². The number of nitrogens with one attached hydrogen (secondary N) is 3. The van der Waals surface area contributed by atoms with Gasteiger partial charge in [-0.3, -0.25) is 9.59 Å². The molecule has 1 atom stereocenters. The zero-order valence-electron chi connectivity index (χ0n) is 15.5. The number of anilines is 1. The molecule has 0 spiro atoms. The number of halogens is 2. The van der Waals surface area contributed by atoms with E-state index in [1.807, 2.05) is 37.3 Å². The van der Waals surface area contributed by atoms with E-state index in [0.29, 0.717) is 22.3 Å². The summed E-state index contributed by atoms with van der Waals surface area (Å²) < 4.78 is 0. The largest absolute Gasteiger partial charge is 0.341 e. The van der Waals surface area contributed by atoms with Crippen molar-refractivity contribution < 1.29 is 9.59 Å². The summed E-state index contributed by atoms with van der Waals surface area (Å²) in [5, 5.41) is 9.48. The van der Waals surface area contributed by atoms with Crippen LogP contribution in [0.4, 0.5) is 5.69 Å². The highest BCUT2D eigenvalue weighted by Crippen LogP contribution is 2.26. The number of rotatable bonds is 7. The average molecular weight is 408 g/mol. The number of carbonyl (C=O) groups is 2. The van der Waals surface area contributed by atoms with Crippen molar-refractivity contribution in [2.45, 2.75) is 32.4 Å². The van der Waals surface area contributed by atoms with Gasteiger partial charge in [-0.25, -0.2) is 0 Å². The van der Waals surface area contributed by atoms with Gasteiger partial charge in [0.15, 0.2) is 0 Å². The lowest BCUT2D eigenvalue weighted by Gasteiger charge is -2.28. The molecular weight excluding hydrogens is 385 g/mol. The van der Waals surface area contributed by atoms with Gasteiger partial charge in [-0.2, -0.15) is 0 Å². The molecule has 0 heterocycles. The van der Waals surface area contributed by atoms with Crippen LogP contribution in [0.25, 0.3) is 0 Å². The third-order valence-electron chi connectivity index (χ3n) is 3.98. The van der Waals surface area contributed by atoms with Crippen molar-refractivity contribution in [2.24, 2.45) is 0 Å². The second-order valence-electron chi connectivity index (χ2n) is 6.59. The zero-order valence-corrected chi connectivity index (χ0v) is 17.0. The first kappa shape index (κ1) is 21.2. The van der Waals surface area contributed by atoms with E-state index < -0.39 is 17.5 Å². The predicted octanol–water partition coefficient (Wildman–Crippen LogP) is 4.18. The average Bonchev–Trinajstić information content (AvgIpc) is 2.63. The molecule has 5 nitrogen and oxygen atoms in total. The van der Waals surface area contributed by atoms with Gasteiger partial charge < -0.3 is 16.0 Å². The highest BCUT2D eigenvalue weighted by atomic mass is 35.5. The number of hydrogen-bond acceptors (Lipinski definition) is 3. The molecule has 0 aliphatic carbocycles. The van der Waals surface area contributed by atoms with Crippen molar-refractivity contribution in [1.82, 2.24) is 10.6 Å². The summed E-state index contributed by atoms with van der Waals surface area (Å²) in [7, 11) is 0. The van der Waals surface area contributed by atoms with Gasteiger partial charge in [0.25, 0.3) is 0 Å². The molecule has 0 aliphatic heterocycles. The van der Waals surface area contributed by atoms with E-state index in [-0.39, 0.29) is 5.91 Å². The van der Waals surface area contributed by atoms with Gasteiger partial charge in [-0.15, -0.1) is 0 Å². The molecule has 2 aromatic carbocycles. The Hall–Kier alpha value is -2.08. The smallest absolute Gasteiger partial charge is 0.249 e. The number of benzene rings is 2. The Labute approximate surface area is 169 Å². The monoisotopic (exact) mass is 407 g/mol. The summed E-state index contributed by atoms with van der Waals surface area (Å²) in [4.78, 5) is 25.5. The van der Waals surface area contributed by atoms with Crippen LogP contribution in [0, 0.1) is 0 Å². The van der Waals surface area contributed by atoms with E-state index >= 15 is 0 Å². The SMILES string of the molecule is CCNC(C(=O)NC(C)(C)C(=O)Nc1cc(Cl)ccc1Cl)c1ccccc1. The fourth-order valence-electron chi connectivity index (χ4n) is 2.52. The minimum absolute atomic E-state index is 0.291. The summed E-state index contributed by atoms with van der Waals surface area (Å²) in [6.07, 6.45) is 0. The molecule has 0 aromatic heterocycles. The van der Waals surface area contributed by atoms with Crippen LogP contribution in [0.2, 0.25) is 10.0 Å². The van der Waals surface area contributed by atoms with Crippen LogP contribution >= 0.6 is 23.2 Å². The lowest BCUT2D eigenvalue weighted by molar-refractivity contribution is -0.130. The van der Waals surface area contributed by atoms with Crippen LogP contribution in [0.3, 0.4) is 0 Å². The molecule has 0 aliphatic rings. The van der Waals surface area contributed by atoms with Gasteiger partial charge in [-0.1, -0.05) is 60.5 Å². The molecule has 27 heavy (non-hydrogen) atoms. The second kappa shape index (κ2) is 9.22. The van der Waals surface area contributed by atoms with E-state index in [1.54, 1.807) is 32.0 Å². The van der Waals surface area contributed by atoms with Crippen LogP contribution in [0.15, 0.2) is 48.5 Å². The molecule has 0 bridgehead atoms. The third-order valence-corrected chi connectivity index (χ3v) is 4.55. The predicted molar refractivity (Wildman–Crippen MR) is 110 cm³/mol. The summed E-state index contributed by atoms with van der Waals surface area (Å²) in [6.45, 7) is 5.79. The molecule has 2 rings (SSSR count). The van der Waals surface area contributed by atoms with E-state index in [1.165, 1.54) is 0 Å². The van der Waals surface area contributed by atoms with Crippen molar-refractivity contribution >= 4 is 40.7 Å². The molecule has 7 heteroatoms. The molecule has 2 amide bonds. The first-order valence-electron chi connectivity index (χ1n) is 8.61. The Morgan fingerprint density at radius 1 is 1.07 bits per heavy atom. The normalized spacial score (nSPS) is 12.3. The molecule has 1 unspecified atom stereocenters. The minimum atomic E-state index is -1.16. The van der Waals surface area contributed by atoms with Crippen LogP contribution in [0.1, 0.15) is 32.4 Å². The van der Waals surface area contributed by atoms with Crippen molar-refractivity contribution in [2.75, 3.05) is 11.9 Å². The molecule has 3 N–H and O–H groups in total. The standard InChI is InChI=1S/C20H23Cl2N3O2/c1-4-23-17(13-8-6-5-7-9-13)18(26)25-20(2,3)19(27)24-16-12-14(21)10-11-15(16)22/h5-12,17,23H,4H2,1-3H3,(H,24,27)(H,25,26). The molecule has 0 saturated carbocycles. The summed E-state index contributed by atoms with van der Waals surface area (Å²) >= 11 is 12.1. The Bertz CT molecular complexity index is 810. The van der Waals surface area contributed by atoms with Crippen molar-refractivity contribution in [3.05, 3.63) is 64.1 Å². The van der Waals surface area contributed by atoms with E-state index in [9.17, 15) is 9.59 Å². The van der Waals surface area contributed by atoms with Crippen LogP contribution in [0.5, 0.6) is 0 Å². The van der Waals surface area contributed by atoms with Gasteiger partial charge in [0.1, 0.15) is 11.6 Å². The molecule has 0 radical (unpaired) electrons. The second-order valence-corrected chi connectivity index (χ2v) is 7.44. The maximum absolute atomic E-state index is 12.8. The lowest BCUT2D eigenvalue weighted by Crippen LogP contribution is -2.55. The lowest BCUT2D eigenvalue weighted by atomic mass is 10.0. The maximum atomic E-state index is 12.8. The number of amides is 2. The molecule has 0 fully saturated rings. The molecule has 2 aromatic rings. The van der Waals surface area contributed by atoms with E-state index in [0.717, 1.165) is 5.56 Å². The highest BCUT2D eigenvalue weighted by Gasteiger charge is 2.32. The molecular formula is C20H23Cl2N3O2. The summed E-state index contributed by atoms with van der Waals surface area (Å²) in [5.41, 5.74) is 0.0549. The summed E-state index contributed by atoms with van der Waals surface area (Å²) in [6, 6.07) is 13.6. The minimum Gasteiger partial charge on any atom is -0.341 e. The Morgan fingerprint density at radius 3 is 2.37 bits per heavy atom. The van der Waals surface area contributed by atoms with Crippen LogP contribution < -0.4 is 16.0 Å². The molecule has 0 saturated heterocycles. The topological polar surface area (TPSA) is 70.2 Å². The van der Waals surface area contributed by atoms with Crippen LogP contribution in [-0.4, -0.2) is 23.9 Å². The Kier molecular flexibility index (Phi) is 7.25. The van der Waals surface area contributed by atoms with Gasteiger partial charge in [-0.05, 0) is 44.2 Å². The van der Waals surface area contributed by atoms with E-state index in [2.05, 4.69) is 16.0 Å². The fourth-order valence-corrected chi connectivity index (χ4v) is 2.86. The number of likely N-dealkylation sites (N-methyl/N-ethyl adjacent to an activating group) is 1. The Balaban J connectivity index is 2.14. The Morgan fingerprint density at radius 2 is 1.74 bits per heavy atom. The van der Waals surface area contributed by atoms with E-state index in [4.69, 9.17) is 23.2 Å². The van der Waals surface area contributed by atoms with Gasteiger partial charge in [0.05, 0.1) is 10.7 Å². The number of hydrogen-bond donors (Lipinski definition) is 3. The van der Waals surface area contributed by atoms with Gasteiger partial charge in [0.2, 0.25) is 11.8 Å². The first-order valence-corrected chi connectivity index (χ1v) is 9.37. The van der Waals surface area contributed by atoms with Crippen LogP contribution in [-0.2, 0) is 9.59 Å². The third kappa shape index (κ3) is 5.70. The quantitative estimate of drug-likeness (QED) is 0.644. The zero-order chi connectivity index (χ0) is 20.0. The van der Waals surface area contributed by atoms with Crippen molar-refractivity contribution in [1.29, 1.82) is 0 Å². The fraction of sp³-hybridized carbons (Fsp3) is 0.300. The summed E-state index contributed by atoms with van der Waals surface area (Å²) in [5.74, 6) is -0.691.